The van der Waals surface area contributed by atoms with Crippen LogP contribution >= 0.6 is 12.4 Å². The fraction of sp³-hybridized carbons (Fsp3) is 1.00. The number of likely N-dealkylation sites (tertiary alicyclic amines) is 1. The van der Waals surface area contributed by atoms with Crippen LogP contribution in [0.15, 0.2) is 0 Å². The first kappa shape index (κ1) is 15.2. The first-order valence-electron chi connectivity index (χ1n) is 5.62. The second kappa shape index (κ2) is 5.03. The number of piperidine rings is 1. The lowest BCUT2D eigenvalue weighted by atomic mass is 9.87. The molecule has 0 amide bonds. The Kier molecular flexibility index (Phi) is 5.10. The molecule has 1 aliphatic heterocycles. The van der Waals surface area contributed by atoms with E-state index in [1.54, 1.807) is 0 Å². The second-order valence-corrected chi connectivity index (χ2v) is 5.86. The van der Waals surface area contributed by atoms with Gasteiger partial charge in [0.15, 0.2) is 0 Å². The maximum atomic E-state index is 2.56. The van der Waals surface area contributed by atoms with Crippen molar-refractivity contribution in [3.05, 3.63) is 0 Å². The van der Waals surface area contributed by atoms with Gasteiger partial charge in [0.05, 0.1) is 0 Å². The number of hydrogen-bond acceptors (Lipinski definition) is 2. The summed E-state index contributed by atoms with van der Waals surface area (Å²) in [5, 5.41) is 0. The van der Waals surface area contributed by atoms with E-state index in [1.807, 2.05) is 26.0 Å². The molecule has 92 valence electrons. The van der Waals surface area contributed by atoms with Crippen molar-refractivity contribution >= 4 is 12.4 Å². The quantitative estimate of drug-likeness (QED) is 0.635. The van der Waals surface area contributed by atoms with Crippen molar-refractivity contribution in [2.75, 3.05) is 28.2 Å². The topological polar surface area (TPSA) is 6.48 Å². The van der Waals surface area contributed by atoms with Gasteiger partial charge >= 0.3 is 0 Å². The van der Waals surface area contributed by atoms with Gasteiger partial charge in [0, 0.05) is 11.6 Å². The zero-order valence-corrected chi connectivity index (χ0v) is 12.1. The fourth-order valence-corrected chi connectivity index (χ4v) is 2.46. The van der Waals surface area contributed by atoms with Crippen molar-refractivity contribution < 1.29 is 0 Å². The first-order valence-corrected chi connectivity index (χ1v) is 5.62. The van der Waals surface area contributed by atoms with Crippen LogP contribution in [0.5, 0.6) is 0 Å². The van der Waals surface area contributed by atoms with Gasteiger partial charge in [-0.2, -0.15) is 0 Å². The number of nitrogens with zero attached hydrogens (tertiary/aromatic N) is 2. The zero-order chi connectivity index (χ0) is 11.1. The maximum Gasteiger partial charge on any atom is 0.0182 e. The molecule has 2 rings (SSSR count). The normalized spacial score (nSPS) is 36.4. The van der Waals surface area contributed by atoms with Crippen LogP contribution < -0.4 is 0 Å². The maximum absolute atomic E-state index is 2.56. The van der Waals surface area contributed by atoms with Crippen molar-refractivity contribution in [2.45, 2.75) is 38.8 Å². The Balaban J connectivity index is 0.000000346. The molecule has 1 saturated carbocycles. The Hall–Kier alpha value is 0.210. The van der Waals surface area contributed by atoms with Gasteiger partial charge in [-0.05, 0) is 60.3 Å². The smallest absolute Gasteiger partial charge is 0.0182 e. The Morgan fingerprint density at radius 1 is 1.20 bits per heavy atom. The van der Waals surface area contributed by atoms with E-state index in [1.165, 1.54) is 6.42 Å². The van der Waals surface area contributed by atoms with E-state index in [4.69, 9.17) is 0 Å². The van der Waals surface area contributed by atoms with Crippen LogP contribution in [0.25, 0.3) is 0 Å². The summed E-state index contributed by atoms with van der Waals surface area (Å²) in [7, 11) is 8.27. The molecular formula is C12H27ClN2. The molecular weight excluding hydrogens is 208 g/mol. The van der Waals surface area contributed by atoms with E-state index < -0.39 is 0 Å². The molecule has 0 aromatic heterocycles. The van der Waals surface area contributed by atoms with Crippen molar-refractivity contribution in [2.24, 2.45) is 11.8 Å². The summed E-state index contributed by atoms with van der Waals surface area (Å²) in [6.45, 7) is 7.13. The molecule has 0 bridgehead atoms. The van der Waals surface area contributed by atoms with E-state index in [2.05, 4.69) is 32.7 Å². The van der Waals surface area contributed by atoms with Gasteiger partial charge in [0.1, 0.15) is 0 Å². The number of hydrogen-bond donors (Lipinski definition) is 0. The minimum atomic E-state index is 0. The lowest BCUT2D eigenvalue weighted by Gasteiger charge is -2.35. The van der Waals surface area contributed by atoms with Crippen LogP contribution in [-0.4, -0.2) is 49.6 Å². The highest BCUT2D eigenvalue weighted by molar-refractivity contribution is 5.85. The number of halogens is 1. The molecule has 2 aliphatic rings. The average Bonchev–Trinajstić information content (AvgIpc) is 2.75. The second-order valence-electron chi connectivity index (χ2n) is 5.86. The standard InChI is InChI=1S/C9H17N.C3H9N.ClH/c1-6-7-5-8(7)10(4)9(6,2)3;1-4(2)3;/h6-8H,5H2,1-4H3;1-3H3;1H. The minimum absolute atomic E-state index is 0. The third kappa shape index (κ3) is 3.08. The molecule has 0 spiro atoms. The van der Waals surface area contributed by atoms with Crippen LogP contribution in [0, 0.1) is 11.8 Å². The van der Waals surface area contributed by atoms with Crippen molar-refractivity contribution in [3.63, 3.8) is 0 Å². The van der Waals surface area contributed by atoms with E-state index in [0.717, 1.165) is 17.9 Å². The third-order valence-corrected chi connectivity index (χ3v) is 3.97. The third-order valence-electron chi connectivity index (χ3n) is 3.97. The molecule has 0 aromatic rings. The Morgan fingerprint density at radius 2 is 1.60 bits per heavy atom. The summed E-state index contributed by atoms with van der Waals surface area (Å²) >= 11 is 0. The molecule has 3 heteroatoms. The van der Waals surface area contributed by atoms with Crippen LogP contribution in [-0.2, 0) is 0 Å². The van der Waals surface area contributed by atoms with Crippen molar-refractivity contribution in [1.29, 1.82) is 0 Å². The van der Waals surface area contributed by atoms with Gasteiger partial charge < -0.3 is 4.90 Å². The Labute approximate surface area is 101 Å². The molecule has 2 fully saturated rings. The van der Waals surface area contributed by atoms with Gasteiger partial charge in [0.25, 0.3) is 0 Å². The average molecular weight is 235 g/mol. The van der Waals surface area contributed by atoms with Gasteiger partial charge in [-0.25, -0.2) is 0 Å². The largest absolute Gasteiger partial charge is 0.312 e. The molecule has 2 nitrogen and oxygen atoms in total. The highest BCUT2D eigenvalue weighted by Crippen LogP contribution is 2.55. The van der Waals surface area contributed by atoms with Crippen molar-refractivity contribution in [3.8, 4) is 0 Å². The molecule has 0 aromatic carbocycles. The Morgan fingerprint density at radius 3 is 1.73 bits per heavy atom. The molecule has 1 saturated heterocycles. The summed E-state index contributed by atoms with van der Waals surface area (Å²) in [5.74, 6) is 1.93. The SMILES string of the molecule is CC1C2CC2N(C)C1(C)C.CN(C)C.Cl. The Bertz CT molecular complexity index is 185. The molecule has 15 heavy (non-hydrogen) atoms. The van der Waals surface area contributed by atoms with E-state index in [0.29, 0.717) is 5.54 Å². The monoisotopic (exact) mass is 234 g/mol. The first-order chi connectivity index (χ1) is 6.28. The summed E-state index contributed by atoms with van der Waals surface area (Å²) in [5.41, 5.74) is 0.466. The molecule has 1 aliphatic carbocycles. The van der Waals surface area contributed by atoms with Crippen LogP contribution in [0.3, 0.4) is 0 Å². The molecule has 0 radical (unpaired) electrons. The minimum Gasteiger partial charge on any atom is -0.312 e. The van der Waals surface area contributed by atoms with Gasteiger partial charge in [-0.1, -0.05) is 6.92 Å². The summed E-state index contributed by atoms with van der Waals surface area (Å²) < 4.78 is 0. The lowest BCUT2D eigenvalue weighted by Crippen LogP contribution is -2.42. The van der Waals surface area contributed by atoms with E-state index in [-0.39, 0.29) is 12.4 Å². The van der Waals surface area contributed by atoms with Gasteiger partial charge in [-0.3, -0.25) is 4.90 Å². The number of rotatable bonds is 0. The van der Waals surface area contributed by atoms with E-state index in [9.17, 15) is 0 Å². The van der Waals surface area contributed by atoms with Crippen LogP contribution in [0.2, 0.25) is 0 Å². The number of fused-ring (bicyclic) bond motifs is 1. The summed E-state index contributed by atoms with van der Waals surface area (Å²) in [6, 6.07) is 0.935. The predicted octanol–water partition coefficient (Wildman–Crippen LogP) is 2.33. The molecule has 3 unspecified atom stereocenters. The van der Waals surface area contributed by atoms with Gasteiger partial charge in [-0.15, -0.1) is 12.4 Å². The van der Waals surface area contributed by atoms with Gasteiger partial charge in [0.2, 0.25) is 0 Å². The van der Waals surface area contributed by atoms with Crippen molar-refractivity contribution in [1.82, 2.24) is 9.80 Å². The van der Waals surface area contributed by atoms with Crippen LogP contribution in [0.4, 0.5) is 0 Å². The molecule has 3 atom stereocenters. The molecule has 0 N–H and O–H groups in total. The summed E-state index contributed by atoms with van der Waals surface area (Å²) in [4.78, 5) is 4.56. The zero-order valence-electron chi connectivity index (χ0n) is 11.2. The van der Waals surface area contributed by atoms with E-state index >= 15 is 0 Å². The predicted molar refractivity (Wildman–Crippen MR) is 69.8 cm³/mol. The summed E-state index contributed by atoms with van der Waals surface area (Å²) in [6.07, 6.45) is 1.46. The lowest BCUT2D eigenvalue weighted by molar-refractivity contribution is 0.140. The fourth-order valence-electron chi connectivity index (χ4n) is 2.46. The highest BCUT2D eigenvalue weighted by atomic mass is 35.5. The highest BCUT2D eigenvalue weighted by Gasteiger charge is 2.58. The molecule has 1 heterocycles. The van der Waals surface area contributed by atoms with Crippen LogP contribution in [0.1, 0.15) is 27.2 Å².